The van der Waals surface area contributed by atoms with Gasteiger partial charge < -0.3 is 9.47 Å². The minimum absolute atomic E-state index is 0.0717. The number of ketones is 1. The Labute approximate surface area is 154 Å². The molecule has 0 heterocycles. The summed E-state index contributed by atoms with van der Waals surface area (Å²) in [5.41, 5.74) is 0.243. The maximum atomic E-state index is 12.5. The van der Waals surface area contributed by atoms with E-state index in [-0.39, 0.29) is 5.56 Å². The van der Waals surface area contributed by atoms with E-state index in [2.05, 4.69) is 0 Å². The van der Waals surface area contributed by atoms with Gasteiger partial charge in [-0.05, 0) is 55.5 Å². The average Bonchev–Trinajstić information content (AvgIpc) is 2.67. The first-order valence-corrected chi connectivity index (χ1v) is 9.23. The second-order valence-corrected chi connectivity index (χ2v) is 7.39. The molecule has 0 saturated carbocycles. The van der Waals surface area contributed by atoms with Crippen LogP contribution in [0.15, 0.2) is 53.4 Å². The molecule has 0 aromatic heterocycles. The zero-order valence-corrected chi connectivity index (χ0v) is 15.2. The highest BCUT2D eigenvalue weighted by Crippen LogP contribution is 2.19. The van der Waals surface area contributed by atoms with Crippen LogP contribution < -0.4 is 4.74 Å². The third-order valence-electron chi connectivity index (χ3n) is 3.68. The summed E-state index contributed by atoms with van der Waals surface area (Å²) in [6.07, 6.45) is -1.10. The van der Waals surface area contributed by atoms with Gasteiger partial charge in [-0.15, -0.1) is 0 Å². The molecule has 2 aromatic rings. The zero-order chi connectivity index (χ0) is 20.2. The Kier molecular flexibility index (Phi) is 6.27. The Bertz CT molecular complexity index is 921. The van der Waals surface area contributed by atoms with Crippen LogP contribution in [-0.2, 0) is 14.6 Å². The highest BCUT2D eigenvalue weighted by Gasteiger charge is 2.27. The van der Waals surface area contributed by atoms with Gasteiger partial charge in [-0.3, -0.25) is 4.79 Å². The standard InChI is InChI=1S/C18H16F2O6S/c1-11(16(21)12-3-7-14(25-2)8-4-12)26-17(22)13-5-9-15(10-6-13)27(23,24)18(19)20/h3-11,18H,1-2H3. The largest absolute Gasteiger partial charge is 0.497 e. The van der Waals surface area contributed by atoms with Crippen molar-refractivity contribution >= 4 is 21.6 Å². The molecule has 0 aliphatic rings. The van der Waals surface area contributed by atoms with Crippen LogP contribution in [0.5, 0.6) is 5.75 Å². The monoisotopic (exact) mass is 398 g/mol. The van der Waals surface area contributed by atoms with Crippen LogP contribution in [0.2, 0.25) is 0 Å². The number of esters is 1. The van der Waals surface area contributed by atoms with Gasteiger partial charge in [-0.1, -0.05) is 0 Å². The number of Topliss-reactive ketones (excluding diaryl/α,β-unsaturated/α-hetero) is 1. The lowest BCUT2D eigenvalue weighted by molar-refractivity contribution is 0.0318. The highest BCUT2D eigenvalue weighted by molar-refractivity contribution is 7.91. The first-order chi connectivity index (χ1) is 12.7. The van der Waals surface area contributed by atoms with Crippen molar-refractivity contribution in [3.05, 3.63) is 59.7 Å². The smallest absolute Gasteiger partial charge is 0.341 e. The molecule has 0 aliphatic carbocycles. The molecular formula is C18H16F2O6S. The maximum Gasteiger partial charge on any atom is 0.341 e. The number of hydrogen-bond donors (Lipinski definition) is 0. The van der Waals surface area contributed by atoms with Crippen molar-refractivity contribution in [1.82, 2.24) is 0 Å². The van der Waals surface area contributed by atoms with Gasteiger partial charge in [-0.2, -0.15) is 8.78 Å². The average molecular weight is 398 g/mol. The second-order valence-electron chi connectivity index (χ2n) is 5.47. The van der Waals surface area contributed by atoms with Crippen molar-refractivity contribution in [3.63, 3.8) is 0 Å². The normalized spacial score (nSPS) is 12.5. The van der Waals surface area contributed by atoms with E-state index in [0.29, 0.717) is 11.3 Å². The Balaban J connectivity index is 2.08. The molecule has 6 nitrogen and oxygen atoms in total. The van der Waals surface area contributed by atoms with Gasteiger partial charge in [0.2, 0.25) is 15.6 Å². The maximum absolute atomic E-state index is 12.5. The number of rotatable bonds is 7. The SMILES string of the molecule is COc1ccc(C(=O)C(C)OC(=O)c2ccc(S(=O)(=O)C(F)F)cc2)cc1. The summed E-state index contributed by atoms with van der Waals surface area (Å²) in [6.45, 7) is 1.39. The van der Waals surface area contributed by atoms with Crippen molar-refractivity contribution in [3.8, 4) is 5.75 Å². The number of halogens is 2. The number of alkyl halides is 2. The number of ether oxygens (including phenoxy) is 2. The molecule has 0 fully saturated rings. The molecule has 144 valence electrons. The molecule has 27 heavy (non-hydrogen) atoms. The predicted molar refractivity (Wildman–Crippen MR) is 91.8 cm³/mol. The molecule has 0 amide bonds. The quantitative estimate of drug-likeness (QED) is 0.526. The molecule has 9 heteroatoms. The Morgan fingerprint density at radius 2 is 1.44 bits per heavy atom. The van der Waals surface area contributed by atoms with E-state index in [1.165, 1.54) is 26.2 Å². The van der Waals surface area contributed by atoms with Crippen molar-refractivity contribution in [1.29, 1.82) is 0 Å². The first-order valence-electron chi connectivity index (χ1n) is 7.68. The third-order valence-corrected chi connectivity index (χ3v) is 5.08. The van der Waals surface area contributed by atoms with Crippen molar-refractivity contribution < 1.29 is 36.3 Å². The van der Waals surface area contributed by atoms with E-state index in [1.807, 2.05) is 0 Å². The minimum Gasteiger partial charge on any atom is -0.497 e. The molecule has 2 rings (SSSR count). The Hall–Kier alpha value is -2.81. The fourth-order valence-electron chi connectivity index (χ4n) is 2.16. The predicted octanol–water partition coefficient (Wildman–Crippen LogP) is 3.12. The Morgan fingerprint density at radius 3 is 1.93 bits per heavy atom. The number of sulfone groups is 1. The van der Waals surface area contributed by atoms with Crippen LogP contribution in [0.4, 0.5) is 8.78 Å². The van der Waals surface area contributed by atoms with E-state index in [4.69, 9.17) is 9.47 Å². The molecule has 1 unspecified atom stereocenters. The van der Waals surface area contributed by atoms with Crippen molar-refractivity contribution in [2.45, 2.75) is 23.7 Å². The van der Waals surface area contributed by atoms with Crippen LogP contribution in [0.1, 0.15) is 27.6 Å². The summed E-state index contributed by atoms with van der Waals surface area (Å²) in [5.74, 6) is -4.32. The van der Waals surface area contributed by atoms with Crippen LogP contribution in [0.3, 0.4) is 0 Å². The lowest BCUT2D eigenvalue weighted by Crippen LogP contribution is -2.24. The van der Waals surface area contributed by atoms with Crippen LogP contribution in [-0.4, -0.2) is 39.1 Å². The van der Waals surface area contributed by atoms with E-state index in [1.54, 1.807) is 12.1 Å². The second kappa shape index (κ2) is 8.26. The van der Waals surface area contributed by atoms with Crippen LogP contribution in [0, 0.1) is 0 Å². The molecule has 0 aliphatic heterocycles. The summed E-state index contributed by atoms with van der Waals surface area (Å²) >= 11 is 0. The third kappa shape index (κ3) is 4.68. The Morgan fingerprint density at radius 1 is 0.926 bits per heavy atom. The summed E-state index contributed by atoms with van der Waals surface area (Å²) in [7, 11) is -3.26. The van der Waals surface area contributed by atoms with Gasteiger partial charge in [0, 0.05) is 5.56 Å². The molecule has 0 bridgehead atoms. The number of hydrogen-bond acceptors (Lipinski definition) is 6. The fraction of sp³-hybridized carbons (Fsp3) is 0.222. The summed E-state index contributed by atoms with van der Waals surface area (Å²) in [4.78, 5) is 23.8. The highest BCUT2D eigenvalue weighted by atomic mass is 32.2. The molecule has 0 spiro atoms. The minimum atomic E-state index is -4.75. The van der Waals surface area contributed by atoms with Crippen LogP contribution in [0.25, 0.3) is 0 Å². The fourth-order valence-corrected chi connectivity index (χ4v) is 2.88. The number of carbonyl (C=O) groups is 2. The van der Waals surface area contributed by atoms with Gasteiger partial charge in [0.25, 0.3) is 0 Å². The van der Waals surface area contributed by atoms with Crippen molar-refractivity contribution in [2.24, 2.45) is 0 Å². The summed E-state index contributed by atoms with van der Waals surface area (Å²) in [5, 5.41) is 0. The summed E-state index contributed by atoms with van der Waals surface area (Å²) < 4.78 is 57.8. The van der Waals surface area contributed by atoms with Gasteiger partial charge in [0.15, 0.2) is 6.10 Å². The van der Waals surface area contributed by atoms with E-state index < -0.39 is 38.3 Å². The van der Waals surface area contributed by atoms with Gasteiger partial charge in [0.1, 0.15) is 5.75 Å². The molecule has 0 radical (unpaired) electrons. The number of benzene rings is 2. The van der Waals surface area contributed by atoms with Crippen molar-refractivity contribution in [2.75, 3.05) is 7.11 Å². The number of carbonyl (C=O) groups excluding carboxylic acids is 2. The van der Waals surface area contributed by atoms with Gasteiger partial charge in [-0.25, -0.2) is 13.2 Å². The first kappa shape index (κ1) is 20.5. The molecule has 2 aromatic carbocycles. The van der Waals surface area contributed by atoms with Gasteiger partial charge >= 0.3 is 11.7 Å². The molecule has 1 atom stereocenters. The summed E-state index contributed by atoms with van der Waals surface area (Å²) in [6, 6.07) is 10.1. The van der Waals surface area contributed by atoms with E-state index >= 15 is 0 Å². The topological polar surface area (TPSA) is 86.7 Å². The lowest BCUT2D eigenvalue weighted by atomic mass is 10.1. The van der Waals surface area contributed by atoms with E-state index in [0.717, 1.165) is 24.3 Å². The lowest BCUT2D eigenvalue weighted by Gasteiger charge is -2.13. The molecule has 0 saturated heterocycles. The number of methoxy groups -OCH3 is 1. The van der Waals surface area contributed by atoms with Crippen LogP contribution >= 0.6 is 0 Å². The molecular weight excluding hydrogens is 382 g/mol. The zero-order valence-electron chi connectivity index (χ0n) is 14.4. The van der Waals surface area contributed by atoms with E-state index in [9.17, 15) is 26.8 Å². The van der Waals surface area contributed by atoms with Gasteiger partial charge in [0.05, 0.1) is 17.6 Å². The molecule has 0 N–H and O–H groups in total.